The molecule has 87 heavy (non-hydrogen) atoms. The molecule has 9 nitrogen and oxygen atoms in total. The van der Waals surface area contributed by atoms with E-state index in [1.165, 1.54) is 199 Å². The van der Waals surface area contributed by atoms with Gasteiger partial charge < -0.3 is 33.3 Å². The molecule has 0 radical (unpaired) electrons. The Hall–Kier alpha value is -3.79. The van der Waals surface area contributed by atoms with E-state index in [9.17, 15) is 19.5 Å². The third kappa shape index (κ3) is 69.5. The smallest absolute Gasteiger partial charge is 0.306 e. The van der Waals surface area contributed by atoms with Crippen LogP contribution in [-0.2, 0) is 33.3 Å². The van der Waals surface area contributed by atoms with Gasteiger partial charge in [0.1, 0.15) is 13.2 Å². The summed E-state index contributed by atoms with van der Waals surface area (Å²) >= 11 is 0. The molecule has 0 spiro atoms. The van der Waals surface area contributed by atoms with Crippen molar-refractivity contribution in [3.05, 3.63) is 97.2 Å². The van der Waals surface area contributed by atoms with Gasteiger partial charge in [-0.2, -0.15) is 0 Å². The standard InChI is InChI=1S/C78H137NO8/c1-6-8-10-12-14-16-18-20-22-24-26-28-30-31-32-33-34-35-36-37-38-39-40-41-42-43-44-45-47-48-50-52-54-56-58-60-62-64-66-68-75(80)85-72-74(73-86-78(77(82)83)84-71-70-79(3,4)5)87-76(81)69-67-65-63-61-59-57-55-53-51-49-46-29-27-25-23-21-19-17-15-13-11-9-7-2/h9,11,15,17-18,20-21,23-24,26-27,29,49,51,55,57,74,78H,6-8,10,12-14,16,19,22,25,28,30-48,50,52-54,56,58-73H2,1-5H3/b11-9-,17-15-,20-18-,23-21-,26-24-,29-27-,51-49-,57-55-. The molecule has 0 fully saturated rings. The van der Waals surface area contributed by atoms with Gasteiger partial charge in [-0.15, -0.1) is 0 Å². The fraction of sp³-hybridized carbons (Fsp3) is 0.756. The summed E-state index contributed by atoms with van der Waals surface area (Å²) in [4.78, 5) is 37.5. The van der Waals surface area contributed by atoms with Crippen LogP contribution in [0.25, 0.3) is 0 Å². The number of hydrogen-bond donors (Lipinski definition) is 0. The number of esters is 2. The van der Waals surface area contributed by atoms with Crippen molar-refractivity contribution in [1.82, 2.24) is 0 Å². The van der Waals surface area contributed by atoms with Crippen molar-refractivity contribution in [2.24, 2.45) is 0 Å². The van der Waals surface area contributed by atoms with Gasteiger partial charge in [-0.05, 0) is 96.3 Å². The lowest BCUT2D eigenvalue weighted by Crippen LogP contribution is -2.44. The third-order valence-electron chi connectivity index (χ3n) is 15.8. The molecule has 9 heteroatoms. The van der Waals surface area contributed by atoms with Crippen molar-refractivity contribution in [1.29, 1.82) is 0 Å². The Morgan fingerprint density at radius 2 is 0.655 bits per heavy atom. The largest absolute Gasteiger partial charge is 0.545 e. The highest BCUT2D eigenvalue weighted by Gasteiger charge is 2.22. The van der Waals surface area contributed by atoms with Crippen LogP contribution < -0.4 is 5.11 Å². The Kier molecular flexibility index (Phi) is 65.2. The predicted molar refractivity (Wildman–Crippen MR) is 371 cm³/mol. The van der Waals surface area contributed by atoms with Gasteiger partial charge in [0, 0.05) is 12.8 Å². The maximum Gasteiger partial charge on any atom is 0.306 e. The average Bonchev–Trinajstić information content (AvgIpc) is 3.50. The van der Waals surface area contributed by atoms with Crippen LogP contribution in [0.15, 0.2) is 97.2 Å². The summed E-state index contributed by atoms with van der Waals surface area (Å²) in [5.74, 6) is -2.31. The Morgan fingerprint density at radius 1 is 0.356 bits per heavy atom. The first-order valence-corrected chi connectivity index (χ1v) is 36.4. The van der Waals surface area contributed by atoms with Gasteiger partial charge in [-0.1, -0.05) is 310 Å². The zero-order valence-electron chi connectivity index (χ0n) is 57.4. The number of quaternary nitrogens is 1. The van der Waals surface area contributed by atoms with Crippen LogP contribution in [0.1, 0.15) is 322 Å². The van der Waals surface area contributed by atoms with Crippen LogP contribution in [0, 0.1) is 0 Å². The third-order valence-corrected chi connectivity index (χ3v) is 15.8. The van der Waals surface area contributed by atoms with Gasteiger partial charge in [-0.25, -0.2) is 0 Å². The second-order valence-electron chi connectivity index (χ2n) is 25.5. The number of likely N-dealkylation sites (N-methyl/N-ethyl adjacent to an activating group) is 1. The van der Waals surface area contributed by atoms with E-state index in [4.69, 9.17) is 18.9 Å². The summed E-state index contributed by atoms with van der Waals surface area (Å²) in [6, 6.07) is 0. The lowest BCUT2D eigenvalue weighted by Gasteiger charge is -2.26. The molecule has 0 amide bonds. The van der Waals surface area contributed by atoms with E-state index in [1.54, 1.807) is 0 Å². The van der Waals surface area contributed by atoms with Crippen LogP contribution in [0.3, 0.4) is 0 Å². The van der Waals surface area contributed by atoms with Gasteiger partial charge in [0.2, 0.25) is 0 Å². The molecule has 0 rings (SSSR count). The number of allylic oxidation sites excluding steroid dienone is 16. The van der Waals surface area contributed by atoms with Crippen LogP contribution in [0.4, 0.5) is 0 Å². The highest BCUT2D eigenvalue weighted by molar-refractivity contribution is 5.70. The summed E-state index contributed by atoms with van der Waals surface area (Å²) in [6.45, 7) is 4.62. The number of hydrogen-bond acceptors (Lipinski definition) is 8. The fourth-order valence-corrected chi connectivity index (χ4v) is 10.3. The molecule has 0 N–H and O–H groups in total. The lowest BCUT2D eigenvalue weighted by atomic mass is 10.0. The molecule has 0 aliphatic heterocycles. The number of carbonyl (C=O) groups excluding carboxylic acids is 3. The minimum Gasteiger partial charge on any atom is -0.545 e. The summed E-state index contributed by atoms with van der Waals surface area (Å²) < 4.78 is 22.8. The van der Waals surface area contributed by atoms with Crippen LogP contribution in [-0.4, -0.2) is 82.3 Å². The number of carboxylic acid groups (broad SMARTS) is 1. The maximum atomic E-state index is 12.9. The predicted octanol–water partition coefficient (Wildman–Crippen LogP) is 21.5. The second kappa shape index (κ2) is 68.1. The maximum absolute atomic E-state index is 12.9. The van der Waals surface area contributed by atoms with E-state index in [-0.39, 0.29) is 38.6 Å². The minimum atomic E-state index is -1.63. The molecule has 0 aromatic carbocycles. The first kappa shape index (κ1) is 83.2. The number of ether oxygens (including phenoxy) is 4. The van der Waals surface area contributed by atoms with Gasteiger partial charge >= 0.3 is 11.9 Å². The zero-order valence-corrected chi connectivity index (χ0v) is 57.4. The topological polar surface area (TPSA) is 111 Å². The Labute approximate surface area is 537 Å². The number of carboxylic acids is 1. The molecule has 0 bridgehead atoms. The quantitative estimate of drug-likeness (QED) is 0.0195. The highest BCUT2D eigenvalue weighted by atomic mass is 16.7. The van der Waals surface area contributed by atoms with Crippen LogP contribution >= 0.6 is 0 Å². The molecule has 502 valence electrons. The summed E-state index contributed by atoms with van der Waals surface area (Å²) in [5, 5.41) is 11.8. The average molecular weight is 1220 g/mol. The Morgan fingerprint density at radius 3 is 0.977 bits per heavy atom. The van der Waals surface area contributed by atoms with Crippen molar-refractivity contribution in [3.63, 3.8) is 0 Å². The number of aliphatic carboxylic acids is 1. The second-order valence-corrected chi connectivity index (χ2v) is 25.5. The molecule has 0 saturated heterocycles. The van der Waals surface area contributed by atoms with Gasteiger partial charge in [0.25, 0.3) is 0 Å². The monoisotopic (exact) mass is 1220 g/mol. The normalized spacial score (nSPS) is 13.3. The molecule has 0 aromatic heterocycles. The molecule has 0 aliphatic rings. The number of nitrogens with zero attached hydrogens (tertiary/aromatic N) is 1. The number of rotatable bonds is 67. The van der Waals surface area contributed by atoms with Crippen molar-refractivity contribution in [3.8, 4) is 0 Å². The molecule has 0 saturated carbocycles. The van der Waals surface area contributed by atoms with Gasteiger partial charge in [0.15, 0.2) is 12.4 Å². The minimum absolute atomic E-state index is 0.139. The highest BCUT2D eigenvalue weighted by Crippen LogP contribution is 2.18. The molecule has 2 atom stereocenters. The number of unbranched alkanes of at least 4 members (excludes halogenated alkanes) is 36. The van der Waals surface area contributed by atoms with E-state index in [0.717, 1.165) is 89.9 Å². The van der Waals surface area contributed by atoms with E-state index < -0.39 is 24.3 Å². The molecular weight excluding hydrogens is 1080 g/mol. The van der Waals surface area contributed by atoms with Crippen molar-refractivity contribution in [2.45, 2.75) is 334 Å². The van der Waals surface area contributed by atoms with Crippen molar-refractivity contribution < 1.29 is 42.9 Å². The first-order chi connectivity index (χ1) is 42.6. The molecule has 0 aromatic rings. The van der Waals surface area contributed by atoms with E-state index in [2.05, 4.69) is 111 Å². The summed E-state index contributed by atoms with van der Waals surface area (Å²) in [7, 11) is 5.92. The number of carbonyl (C=O) groups is 3. The van der Waals surface area contributed by atoms with Crippen molar-refractivity contribution >= 4 is 17.9 Å². The SMILES string of the molecule is CC/C=C\C/C=C\C/C=C\C/C=C\C/C=C\C/C=C\CCCCCCC(=O)OC(COC(=O)CCCCCCCCCCCCCCCCCCCCCCCCCCCCC/C=C\C/C=C\CCCCCCC)COC(OCC[N+](C)(C)C)C(=O)[O-]. The summed E-state index contributed by atoms with van der Waals surface area (Å²) in [5.41, 5.74) is 0. The van der Waals surface area contributed by atoms with Crippen LogP contribution in [0.2, 0.25) is 0 Å². The Balaban J connectivity index is 4.03. The van der Waals surface area contributed by atoms with Crippen molar-refractivity contribution in [2.75, 3.05) is 47.5 Å². The summed E-state index contributed by atoms with van der Waals surface area (Å²) in [6.07, 6.45) is 90.9. The van der Waals surface area contributed by atoms with Gasteiger partial charge in [0.05, 0.1) is 40.3 Å². The zero-order chi connectivity index (χ0) is 63.3. The van der Waals surface area contributed by atoms with E-state index in [1.807, 2.05) is 21.1 Å². The lowest BCUT2D eigenvalue weighted by molar-refractivity contribution is -0.870. The molecule has 0 heterocycles. The van der Waals surface area contributed by atoms with E-state index >= 15 is 0 Å². The fourth-order valence-electron chi connectivity index (χ4n) is 10.3. The molecule has 0 aliphatic carbocycles. The Bertz CT molecular complexity index is 1750. The molecular formula is C78H137NO8. The van der Waals surface area contributed by atoms with Crippen LogP contribution in [0.5, 0.6) is 0 Å². The molecule has 2 unspecified atom stereocenters. The van der Waals surface area contributed by atoms with Gasteiger partial charge in [-0.3, -0.25) is 9.59 Å². The van der Waals surface area contributed by atoms with E-state index in [0.29, 0.717) is 17.4 Å². The first-order valence-electron chi connectivity index (χ1n) is 36.4.